The number of carbonyl (C=O) groups excluding carboxylic acids is 1. The molecule has 1 fully saturated rings. The summed E-state index contributed by atoms with van der Waals surface area (Å²) < 4.78 is 28.7. The summed E-state index contributed by atoms with van der Waals surface area (Å²) >= 11 is 0. The lowest BCUT2D eigenvalue weighted by Crippen LogP contribution is -2.24. The van der Waals surface area contributed by atoms with Gasteiger partial charge in [0.25, 0.3) is 0 Å². The fourth-order valence-corrected chi connectivity index (χ4v) is 3.35. The van der Waals surface area contributed by atoms with Gasteiger partial charge < -0.3 is 10.5 Å². The first-order chi connectivity index (χ1) is 9.75. The van der Waals surface area contributed by atoms with Crippen LogP contribution >= 0.6 is 0 Å². The molecule has 0 heterocycles. The molecule has 1 aromatic carbocycles. The number of nitrogen functional groups attached to an aromatic ring is 1. The van der Waals surface area contributed by atoms with E-state index in [-0.39, 0.29) is 22.3 Å². The first-order valence-corrected chi connectivity index (χ1v) is 8.96. The van der Waals surface area contributed by atoms with E-state index in [4.69, 9.17) is 10.5 Å². The van der Waals surface area contributed by atoms with Gasteiger partial charge in [-0.3, -0.25) is 0 Å². The second-order valence-electron chi connectivity index (χ2n) is 5.86. The average Bonchev–Trinajstić information content (AvgIpc) is 2.37. The summed E-state index contributed by atoms with van der Waals surface area (Å²) in [6.45, 7) is 2.14. The Kier molecular flexibility index (Phi) is 4.56. The molecule has 0 radical (unpaired) electrons. The highest BCUT2D eigenvalue weighted by atomic mass is 32.2. The van der Waals surface area contributed by atoms with Gasteiger partial charge in [-0.15, -0.1) is 0 Å². The van der Waals surface area contributed by atoms with E-state index in [1.165, 1.54) is 18.2 Å². The van der Waals surface area contributed by atoms with Gasteiger partial charge in [0.1, 0.15) is 6.10 Å². The standard InChI is InChI=1S/C15H21NO4S/c1-10-4-3-5-13(6-10)20-15(17)11-7-12(16)9-14(8-11)21(2,18)19/h7-10,13H,3-6,16H2,1-2H3. The molecule has 116 valence electrons. The van der Waals surface area contributed by atoms with E-state index in [2.05, 4.69) is 6.92 Å². The Labute approximate surface area is 125 Å². The lowest BCUT2D eigenvalue weighted by atomic mass is 9.89. The van der Waals surface area contributed by atoms with Gasteiger partial charge in [0.05, 0.1) is 10.5 Å². The molecule has 0 spiro atoms. The van der Waals surface area contributed by atoms with Crippen LogP contribution in [0, 0.1) is 5.92 Å². The van der Waals surface area contributed by atoms with Crippen molar-refractivity contribution in [2.24, 2.45) is 5.92 Å². The molecule has 1 saturated carbocycles. The number of carbonyl (C=O) groups is 1. The Morgan fingerprint density at radius 1 is 1.29 bits per heavy atom. The fraction of sp³-hybridized carbons (Fsp3) is 0.533. The highest BCUT2D eigenvalue weighted by Crippen LogP contribution is 2.27. The number of esters is 1. The van der Waals surface area contributed by atoms with Gasteiger partial charge in [0, 0.05) is 11.9 Å². The van der Waals surface area contributed by atoms with Crippen molar-refractivity contribution in [3.8, 4) is 0 Å². The van der Waals surface area contributed by atoms with E-state index in [9.17, 15) is 13.2 Å². The SMILES string of the molecule is CC1CCCC(OC(=O)c2cc(N)cc(S(C)(=O)=O)c2)C1. The minimum Gasteiger partial charge on any atom is -0.459 e. The zero-order chi connectivity index (χ0) is 15.6. The molecule has 2 unspecified atom stereocenters. The van der Waals surface area contributed by atoms with Crippen LogP contribution in [-0.2, 0) is 14.6 Å². The van der Waals surface area contributed by atoms with Crippen LogP contribution in [0.4, 0.5) is 5.69 Å². The third kappa shape index (κ3) is 4.20. The molecule has 2 atom stereocenters. The smallest absolute Gasteiger partial charge is 0.338 e. The Bertz CT molecular complexity index is 639. The Morgan fingerprint density at radius 2 is 2.00 bits per heavy atom. The molecular weight excluding hydrogens is 290 g/mol. The average molecular weight is 311 g/mol. The van der Waals surface area contributed by atoms with Gasteiger partial charge in [-0.1, -0.05) is 13.3 Å². The van der Waals surface area contributed by atoms with Crippen molar-refractivity contribution in [3.63, 3.8) is 0 Å². The number of sulfone groups is 1. The molecule has 0 aromatic heterocycles. The maximum atomic E-state index is 12.2. The van der Waals surface area contributed by atoms with Crippen LogP contribution < -0.4 is 5.73 Å². The largest absolute Gasteiger partial charge is 0.459 e. The van der Waals surface area contributed by atoms with E-state index in [0.717, 1.165) is 31.9 Å². The molecule has 5 nitrogen and oxygen atoms in total. The predicted octanol–water partition coefficient (Wildman–Crippen LogP) is 2.41. The van der Waals surface area contributed by atoms with Crippen LogP contribution in [0.2, 0.25) is 0 Å². The molecule has 6 heteroatoms. The van der Waals surface area contributed by atoms with Crippen LogP contribution in [0.15, 0.2) is 23.1 Å². The van der Waals surface area contributed by atoms with Gasteiger partial charge in [-0.25, -0.2) is 13.2 Å². The van der Waals surface area contributed by atoms with Gasteiger partial charge >= 0.3 is 5.97 Å². The molecule has 0 aliphatic heterocycles. The van der Waals surface area contributed by atoms with Crippen LogP contribution in [0.5, 0.6) is 0 Å². The topological polar surface area (TPSA) is 86.5 Å². The molecular formula is C15H21NO4S. The number of ether oxygens (including phenoxy) is 1. The molecule has 2 rings (SSSR count). The van der Waals surface area contributed by atoms with Crippen molar-refractivity contribution in [3.05, 3.63) is 23.8 Å². The minimum atomic E-state index is -3.41. The summed E-state index contributed by atoms with van der Waals surface area (Å²) in [5.74, 6) is 0.0373. The number of hydrogen-bond donors (Lipinski definition) is 1. The Balaban J connectivity index is 2.17. The van der Waals surface area contributed by atoms with Crippen LogP contribution in [0.1, 0.15) is 43.0 Å². The van der Waals surface area contributed by atoms with E-state index in [1.54, 1.807) is 0 Å². The highest BCUT2D eigenvalue weighted by Gasteiger charge is 2.23. The van der Waals surface area contributed by atoms with E-state index < -0.39 is 15.8 Å². The summed E-state index contributed by atoms with van der Waals surface area (Å²) in [4.78, 5) is 12.2. The Hall–Kier alpha value is -1.56. The molecule has 0 saturated heterocycles. The summed E-state index contributed by atoms with van der Waals surface area (Å²) in [7, 11) is -3.41. The number of benzene rings is 1. The van der Waals surface area contributed by atoms with E-state index in [1.807, 2.05) is 0 Å². The molecule has 1 aromatic rings. The summed E-state index contributed by atoms with van der Waals surface area (Å²) in [6, 6.07) is 4.11. The lowest BCUT2D eigenvalue weighted by molar-refractivity contribution is 0.0155. The monoisotopic (exact) mass is 311 g/mol. The minimum absolute atomic E-state index is 0.0338. The van der Waals surface area contributed by atoms with Crippen molar-refractivity contribution in [1.82, 2.24) is 0 Å². The second-order valence-corrected chi connectivity index (χ2v) is 7.88. The van der Waals surface area contributed by atoms with Gasteiger partial charge in [-0.2, -0.15) is 0 Å². The van der Waals surface area contributed by atoms with Gasteiger partial charge in [0.2, 0.25) is 0 Å². The third-order valence-electron chi connectivity index (χ3n) is 3.75. The highest BCUT2D eigenvalue weighted by molar-refractivity contribution is 7.90. The molecule has 1 aliphatic rings. The second kappa shape index (κ2) is 6.05. The predicted molar refractivity (Wildman–Crippen MR) is 80.8 cm³/mol. The summed E-state index contributed by atoms with van der Waals surface area (Å²) in [6.07, 6.45) is 4.91. The van der Waals surface area contributed by atoms with Gasteiger partial charge in [0.15, 0.2) is 9.84 Å². The molecule has 0 bridgehead atoms. The number of anilines is 1. The van der Waals surface area contributed by atoms with Crippen LogP contribution in [0.25, 0.3) is 0 Å². The third-order valence-corrected chi connectivity index (χ3v) is 4.85. The first kappa shape index (κ1) is 15.8. The number of rotatable bonds is 3. The van der Waals surface area contributed by atoms with Crippen LogP contribution in [0.3, 0.4) is 0 Å². The maximum absolute atomic E-state index is 12.2. The number of hydrogen-bond acceptors (Lipinski definition) is 5. The molecule has 2 N–H and O–H groups in total. The van der Waals surface area contributed by atoms with Crippen molar-refractivity contribution in [2.45, 2.75) is 43.6 Å². The first-order valence-electron chi connectivity index (χ1n) is 7.07. The summed E-state index contributed by atoms with van der Waals surface area (Å²) in [5, 5.41) is 0. The lowest BCUT2D eigenvalue weighted by Gasteiger charge is -2.26. The maximum Gasteiger partial charge on any atom is 0.338 e. The van der Waals surface area contributed by atoms with Crippen molar-refractivity contribution < 1.29 is 17.9 Å². The molecule has 1 aliphatic carbocycles. The zero-order valence-corrected chi connectivity index (χ0v) is 13.2. The molecule has 21 heavy (non-hydrogen) atoms. The van der Waals surface area contributed by atoms with Crippen molar-refractivity contribution in [1.29, 1.82) is 0 Å². The van der Waals surface area contributed by atoms with E-state index in [0.29, 0.717) is 5.92 Å². The fourth-order valence-electron chi connectivity index (χ4n) is 2.66. The molecule has 0 amide bonds. The summed E-state index contributed by atoms with van der Waals surface area (Å²) in [5.41, 5.74) is 6.10. The van der Waals surface area contributed by atoms with Crippen molar-refractivity contribution >= 4 is 21.5 Å². The van der Waals surface area contributed by atoms with Gasteiger partial charge in [-0.05, 0) is 43.4 Å². The number of nitrogens with two attached hydrogens (primary N) is 1. The normalized spacial score (nSPS) is 22.8. The Morgan fingerprint density at radius 3 is 2.62 bits per heavy atom. The van der Waals surface area contributed by atoms with Crippen molar-refractivity contribution in [2.75, 3.05) is 12.0 Å². The van der Waals surface area contributed by atoms with Crippen LogP contribution in [-0.4, -0.2) is 26.7 Å². The zero-order valence-electron chi connectivity index (χ0n) is 12.3. The quantitative estimate of drug-likeness (QED) is 0.684. The van der Waals surface area contributed by atoms with E-state index >= 15 is 0 Å².